The van der Waals surface area contributed by atoms with Crippen LogP contribution in [0.15, 0.2) is 24.3 Å². The maximum atomic E-state index is 11.8. The van der Waals surface area contributed by atoms with Crippen LogP contribution in [0, 0.1) is 5.92 Å². The molecule has 1 fully saturated rings. The molecule has 98 valence electrons. The van der Waals surface area contributed by atoms with Gasteiger partial charge in [-0.25, -0.2) is 0 Å². The van der Waals surface area contributed by atoms with Crippen LogP contribution in [0.3, 0.4) is 0 Å². The van der Waals surface area contributed by atoms with Gasteiger partial charge in [0.05, 0.1) is 6.61 Å². The Kier molecular flexibility index (Phi) is 4.76. The fourth-order valence-electron chi connectivity index (χ4n) is 2.63. The average Bonchev–Trinajstić information content (AvgIpc) is 2.89. The number of hydrogen-bond donors (Lipinski definition) is 2. The number of carbonyl (C=O) groups is 1. The van der Waals surface area contributed by atoms with Crippen molar-refractivity contribution in [1.82, 2.24) is 5.32 Å². The highest BCUT2D eigenvalue weighted by molar-refractivity contribution is 5.76. The number of rotatable bonds is 5. The van der Waals surface area contributed by atoms with Gasteiger partial charge in [0, 0.05) is 13.0 Å². The molecule has 3 heteroatoms. The van der Waals surface area contributed by atoms with Crippen LogP contribution in [0.1, 0.15) is 43.2 Å². The van der Waals surface area contributed by atoms with E-state index in [-0.39, 0.29) is 12.5 Å². The molecular weight excluding hydrogens is 226 g/mol. The molecule has 2 rings (SSSR count). The first-order valence-corrected chi connectivity index (χ1v) is 6.74. The van der Waals surface area contributed by atoms with Gasteiger partial charge in [-0.3, -0.25) is 4.79 Å². The predicted molar refractivity (Wildman–Crippen MR) is 70.8 cm³/mol. The van der Waals surface area contributed by atoms with E-state index in [1.807, 2.05) is 24.3 Å². The Balaban J connectivity index is 1.81. The van der Waals surface area contributed by atoms with Crippen molar-refractivity contribution in [2.45, 2.75) is 45.3 Å². The third-order valence-corrected chi connectivity index (χ3v) is 3.71. The Morgan fingerprint density at radius 1 is 1.22 bits per heavy atom. The van der Waals surface area contributed by atoms with Crippen LogP contribution in [-0.2, 0) is 17.9 Å². The predicted octanol–water partition coefficient (Wildman–Crippen LogP) is 2.38. The Morgan fingerprint density at radius 3 is 2.56 bits per heavy atom. The smallest absolute Gasteiger partial charge is 0.220 e. The van der Waals surface area contributed by atoms with Crippen LogP contribution < -0.4 is 5.32 Å². The molecule has 0 aromatic heterocycles. The number of carbonyl (C=O) groups excluding carboxylic acids is 1. The molecule has 0 aliphatic heterocycles. The molecule has 0 heterocycles. The molecule has 0 saturated heterocycles. The van der Waals surface area contributed by atoms with Gasteiger partial charge in [-0.1, -0.05) is 37.1 Å². The summed E-state index contributed by atoms with van der Waals surface area (Å²) >= 11 is 0. The molecule has 1 aromatic carbocycles. The van der Waals surface area contributed by atoms with E-state index in [9.17, 15) is 9.90 Å². The van der Waals surface area contributed by atoms with E-state index in [0.29, 0.717) is 18.9 Å². The molecule has 0 spiro atoms. The van der Waals surface area contributed by atoms with Gasteiger partial charge in [-0.15, -0.1) is 0 Å². The zero-order valence-corrected chi connectivity index (χ0v) is 10.7. The summed E-state index contributed by atoms with van der Waals surface area (Å²) in [5.74, 6) is 0.715. The van der Waals surface area contributed by atoms with Crippen molar-refractivity contribution in [2.75, 3.05) is 0 Å². The summed E-state index contributed by atoms with van der Waals surface area (Å²) in [6.45, 7) is 0.539. The third-order valence-electron chi connectivity index (χ3n) is 3.71. The van der Waals surface area contributed by atoms with Crippen molar-refractivity contribution >= 4 is 5.91 Å². The van der Waals surface area contributed by atoms with Gasteiger partial charge in [0.1, 0.15) is 0 Å². The van der Waals surface area contributed by atoms with Crippen molar-refractivity contribution in [3.63, 3.8) is 0 Å². The number of nitrogens with one attached hydrogen (secondary N) is 1. The monoisotopic (exact) mass is 247 g/mol. The topological polar surface area (TPSA) is 49.3 Å². The second-order valence-electron chi connectivity index (χ2n) is 5.06. The molecule has 0 unspecified atom stereocenters. The lowest BCUT2D eigenvalue weighted by atomic mass is 10.0. The van der Waals surface area contributed by atoms with Gasteiger partial charge in [-0.2, -0.15) is 0 Å². The summed E-state index contributed by atoms with van der Waals surface area (Å²) in [5.41, 5.74) is 1.89. The molecule has 1 aromatic rings. The van der Waals surface area contributed by atoms with E-state index in [1.165, 1.54) is 25.7 Å². The largest absolute Gasteiger partial charge is 0.392 e. The van der Waals surface area contributed by atoms with Crippen LogP contribution in [-0.4, -0.2) is 11.0 Å². The molecule has 18 heavy (non-hydrogen) atoms. The Morgan fingerprint density at radius 2 is 1.89 bits per heavy atom. The van der Waals surface area contributed by atoms with E-state index in [2.05, 4.69) is 5.32 Å². The zero-order valence-electron chi connectivity index (χ0n) is 10.7. The number of amides is 1. The maximum absolute atomic E-state index is 11.8. The van der Waals surface area contributed by atoms with Gasteiger partial charge in [0.15, 0.2) is 0 Å². The minimum absolute atomic E-state index is 0.0225. The lowest BCUT2D eigenvalue weighted by Gasteiger charge is -2.11. The number of benzene rings is 1. The minimum atomic E-state index is 0.0225. The van der Waals surface area contributed by atoms with E-state index >= 15 is 0 Å². The third kappa shape index (κ3) is 3.57. The first-order chi connectivity index (χ1) is 8.79. The van der Waals surface area contributed by atoms with E-state index in [1.54, 1.807) is 0 Å². The van der Waals surface area contributed by atoms with Gasteiger partial charge in [-0.05, 0) is 29.9 Å². The number of hydrogen-bond acceptors (Lipinski definition) is 2. The van der Waals surface area contributed by atoms with Crippen molar-refractivity contribution < 1.29 is 9.90 Å². The number of aliphatic hydroxyl groups is 1. The molecule has 1 aliphatic carbocycles. The first-order valence-electron chi connectivity index (χ1n) is 6.74. The lowest BCUT2D eigenvalue weighted by molar-refractivity contribution is -0.122. The molecule has 0 atom stereocenters. The molecule has 0 radical (unpaired) electrons. The maximum Gasteiger partial charge on any atom is 0.220 e. The Hall–Kier alpha value is -1.35. The molecule has 0 bridgehead atoms. The van der Waals surface area contributed by atoms with E-state index in [0.717, 1.165) is 11.1 Å². The molecule has 3 nitrogen and oxygen atoms in total. The van der Waals surface area contributed by atoms with E-state index < -0.39 is 0 Å². The second kappa shape index (κ2) is 6.55. The summed E-state index contributed by atoms with van der Waals surface area (Å²) in [7, 11) is 0. The SMILES string of the molecule is O=C(CC1CCCC1)NCc1ccccc1CO. The zero-order chi connectivity index (χ0) is 12.8. The fourth-order valence-corrected chi connectivity index (χ4v) is 2.63. The molecule has 1 saturated carbocycles. The van der Waals surface area contributed by atoms with Crippen LogP contribution in [0.4, 0.5) is 0 Å². The minimum Gasteiger partial charge on any atom is -0.392 e. The molecule has 1 amide bonds. The lowest BCUT2D eigenvalue weighted by Crippen LogP contribution is -2.25. The highest BCUT2D eigenvalue weighted by Crippen LogP contribution is 2.27. The Bertz CT molecular complexity index is 397. The molecule has 2 N–H and O–H groups in total. The van der Waals surface area contributed by atoms with Crippen LogP contribution >= 0.6 is 0 Å². The van der Waals surface area contributed by atoms with Gasteiger partial charge >= 0.3 is 0 Å². The Labute approximate surface area is 108 Å². The fraction of sp³-hybridized carbons (Fsp3) is 0.533. The first kappa shape index (κ1) is 13.1. The summed E-state index contributed by atoms with van der Waals surface area (Å²) in [5, 5.41) is 12.2. The van der Waals surface area contributed by atoms with Gasteiger partial charge in [0.25, 0.3) is 0 Å². The highest BCUT2D eigenvalue weighted by atomic mass is 16.3. The quantitative estimate of drug-likeness (QED) is 0.839. The standard InChI is InChI=1S/C15H21NO2/c17-11-14-8-4-3-7-13(14)10-16-15(18)9-12-5-1-2-6-12/h3-4,7-8,12,17H,1-2,5-6,9-11H2,(H,16,18). The normalized spacial score (nSPS) is 15.8. The molecule has 1 aliphatic rings. The second-order valence-corrected chi connectivity index (χ2v) is 5.06. The van der Waals surface area contributed by atoms with Crippen molar-refractivity contribution in [2.24, 2.45) is 5.92 Å². The van der Waals surface area contributed by atoms with Gasteiger partial charge in [0.2, 0.25) is 5.91 Å². The summed E-state index contributed by atoms with van der Waals surface area (Å²) in [4.78, 5) is 11.8. The van der Waals surface area contributed by atoms with Crippen molar-refractivity contribution in [3.05, 3.63) is 35.4 Å². The van der Waals surface area contributed by atoms with Crippen LogP contribution in [0.25, 0.3) is 0 Å². The average molecular weight is 247 g/mol. The summed E-state index contributed by atoms with van der Waals surface area (Å²) in [6, 6.07) is 7.66. The molecular formula is C15H21NO2. The number of aliphatic hydroxyl groups excluding tert-OH is 1. The van der Waals surface area contributed by atoms with Crippen LogP contribution in [0.2, 0.25) is 0 Å². The highest BCUT2D eigenvalue weighted by Gasteiger charge is 2.18. The summed E-state index contributed by atoms with van der Waals surface area (Å²) in [6.07, 6.45) is 5.58. The van der Waals surface area contributed by atoms with Crippen LogP contribution in [0.5, 0.6) is 0 Å². The van der Waals surface area contributed by atoms with E-state index in [4.69, 9.17) is 0 Å². The van der Waals surface area contributed by atoms with Gasteiger partial charge < -0.3 is 10.4 Å². The summed E-state index contributed by atoms with van der Waals surface area (Å²) < 4.78 is 0. The van der Waals surface area contributed by atoms with Crippen molar-refractivity contribution in [1.29, 1.82) is 0 Å². The van der Waals surface area contributed by atoms with Crippen molar-refractivity contribution in [3.8, 4) is 0 Å².